The summed E-state index contributed by atoms with van der Waals surface area (Å²) in [7, 11) is 0. The van der Waals surface area contributed by atoms with Crippen molar-refractivity contribution in [3.63, 3.8) is 0 Å². The molecule has 1 fully saturated rings. The Kier molecular flexibility index (Phi) is 3.07. The van der Waals surface area contributed by atoms with Crippen LogP contribution in [0.4, 0.5) is 5.69 Å². The molecule has 5 heteroatoms. The number of nitrogens with one attached hydrogen (secondary N) is 1. The van der Waals surface area contributed by atoms with E-state index in [0.29, 0.717) is 12.2 Å². The highest BCUT2D eigenvalue weighted by atomic mass is 16.3. The molecule has 1 atom stereocenters. The fourth-order valence-corrected chi connectivity index (χ4v) is 1.84. The number of benzene rings is 1. The minimum atomic E-state index is -0.245. The van der Waals surface area contributed by atoms with Gasteiger partial charge in [-0.1, -0.05) is 0 Å². The molecule has 5 nitrogen and oxygen atoms in total. The van der Waals surface area contributed by atoms with Gasteiger partial charge < -0.3 is 20.4 Å². The van der Waals surface area contributed by atoms with Crippen molar-refractivity contribution in [1.29, 1.82) is 0 Å². The number of phenolic OH excluding ortho intramolecular Hbond substituents is 1. The molecule has 1 amide bonds. The SMILES string of the molecule is O=C1CNC[C@H](CO)N1c1ccc(O)cc1. The molecule has 1 aliphatic heterocycles. The van der Waals surface area contributed by atoms with Crippen molar-refractivity contribution in [2.45, 2.75) is 6.04 Å². The van der Waals surface area contributed by atoms with E-state index >= 15 is 0 Å². The fourth-order valence-electron chi connectivity index (χ4n) is 1.84. The number of nitrogens with zero attached hydrogens (tertiary/aromatic N) is 1. The standard InChI is InChI=1S/C11H14N2O3/c14-7-9-5-12-6-11(16)13(9)8-1-3-10(15)4-2-8/h1-4,9,12,14-15H,5-7H2/t9-/m1/s1. The second kappa shape index (κ2) is 4.51. The fraction of sp³-hybridized carbons (Fsp3) is 0.364. The molecule has 0 aromatic heterocycles. The second-order valence-electron chi connectivity index (χ2n) is 3.75. The first-order valence-corrected chi connectivity index (χ1v) is 5.15. The maximum absolute atomic E-state index is 11.7. The van der Waals surface area contributed by atoms with Gasteiger partial charge in [-0.15, -0.1) is 0 Å². The molecule has 1 aliphatic rings. The van der Waals surface area contributed by atoms with Crippen molar-refractivity contribution in [1.82, 2.24) is 5.32 Å². The molecular formula is C11H14N2O3. The van der Waals surface area contributed by atoms with Gasteiger partial charge in [-0.05, 0) is 24.3 Å². The van der Waals surface area contributed by atoms with Gasteiger partial charge >= 0.3 is 0 Å². The molecule has 16 heavy (non-hydrogen) atoms. The van der Waals surface area contributed by atoms with Crippen LogP contribution in [0.5, 0.6) is 5.75 Å². The van der Waals surface area contributed by atoms with E-state index in [1.807, 2.05) is 0 Å². The topological polar surface area (TPSA) is 72.8 Å². The quantitative estimate of drug-likeness (QED) is 0.642. The Labute approximate surface area is 93.3 Å². The van der Waals surface area contributed by atoms with E-state index in [-0.39, 0.29) is 30.9 Å². The monoisotopic (exact) mass is 222 g/mol. The van der Waals surface area contributed by atoms with Crippen molar-refractivity contribution in [2.24, 2.45) is 0 Å². The highest BCUT2D eigenvalue weighted by molar-refractivity contribution is 5.96. The predicted octanol–water partition coefficient (Wildman–Crippen LogP) is -0.311. The van der Waals surface area contributed by atoms with E-state index in [9.17, 15) is 15.0 Å². The first kappa shape index (κ1) is 10.9. The van der Waals surface area contributed by atoms with Crippen LogP contribution in [0.15, 0.2) is 24.3 Å². The number of carbonyl (C=O) groups is 1. The number of anilines is 1. The normalized spacial score (nSPS) is 21.2. The minimum Gasteiger partial charge on any atom is -0.508 e. The lowest BCUT2D eigenvalue weighted by atomic mass is 10.1. The van der Waals surface area contributed by atoms with Crippen molar-refractivity contribution in [2.75, 3.05) is 24.6 Å². The van der Waals surface area contributed by atoms with Crippen LogP contribution in [0.25, 0.3) is 0 Å². The Morgan fingerprint density at radius 1 is 1.38 bits per heavy atom. The van der Waals surface area contributed by atoms with Crippen molar-refractivity contribution in [3.8, 4) is 5.75 Å². The zero-order chi connectivity index (χ0) is 11.5. The third-order valence-electron chi connectivity index (χ3n) is 2.63. The van der Waals surface area contributed by atoms with Gasteiger partial charge in [0.15, 0.2) is 0 Å². The number of aliphatic hydroxyl groups is 1. The molecule has 86 valence electrons. The van der Waals surface area contributed by atoms with Crippen LogP contribution < -0.4 is 10.2 Å². The number of piperazine rings is 1. The highest BCUT2D eigenvalue weighted by Crippen LogP contribution is 2.21. The summed E-state index contributed by atoms with van der Waals surface area (Å²) in [6.07, 6.45) is 0. The summed E-state index contributed by atoms with van der Waals surface area (Å²) >= 11 is 0. The predicted molar refractivity (Wildman–Crippen MR) is 59.3 cm³/mol. The van der Waals surface area contributed by atoms with E-state index in [4.69, 9.17) is 0 Å². The van der Waals surface area contributed by atoms with Gasteiger partial charge in [0.2, 0.25) is 5.91 Å². The summed E-state index contributed by atoms with van der Waals surface area (Å²) in [6, 6.07) is 6.14. The lowest BCUT2D eigenvalue weighted by molar-refractivity contribution is -0.119. The van der Waals surface area contributed by atoms with Crippen molar-refractivity contribution < 1.29 is 15.0 Å². The van der Waals surface area contributed by atoms with E-state index in [1.165, 1.54) is 12.1 Å². The summed E-state index contributed by atoms with van der Waals surface area (Å²) in [5.41, 5.74) is 0.698. The van der Waals surface area contributed by atoms with Crippen LogP contribution in [0.1, 0.15) is 0 Å². The molecule has 0 saturated carbocycles. The zero-order valence-corrected chi connectivity index (χ0v) is 8.76. The molecule has 0 aliphatic carbocycles. The number of carbonyl (C=O) groups excluding carboxylic acids is 1. The first-order chi connectivity index (χ1) is 7.72. The Morgan fingerprint density at radius 3 is 2.69 bits per heavy atom. The molecule has 1 heterocycles. The van der Waals surface area contributed by atoms with E-state index < -0.39 is 0 Å². The zero-order valence-electron chi connectivity index (χ0n) is 8.76. The third-order valence-corrected chi connectivity index (χ3v) is 2.63. The molecule has 2 rings (SSSR count). The number of hydrogen-bond acceptors (Lipinski definition) is 4. The molecule has 0 unspecified atom stereocenters. The van der Waals surface area contributed by atoms with Gasteiger partial charge in [0.25, 0.3) is 0 Å². The number of rotatable bonds is 2. The van der Waals surface area contributed by atoms with Crippen molar-refractivity contribution in [3.05, 3.63) is 24.3 Å². The second-order valence-corrected chi connectivity index (χ2v) is 3.75. The number of phenols is 1. The van der Waals surface area contributed by atoms with Crippen LogP contribution in [-0.2, 0) is 4.79 Å². The number of amides is 1. The average Bonchev–Trinajstić information content (AvgIpc) is 2.30. The Bertz CT molecular complexity index is 377. The number of aliphatic hydroxyl groups excluding tert-OH is 1. The average molecular weight is 222 g/mol. The van der Waals surface area contributed by atoms with E-state index in [1.54, 1.807) is 17.0 Å². The molecule has 1 aromatic rings. The number of hydrogen-bond donors (Lipinski definition) is 3. The summed E-state index contributed by atoms with van der Waals surface area (Å²) in [5, 5.41) is 21.3. The third kappa shape index (κ3) is 2.00. The smallest absolute Gasteiger partial charge is 0.241 e. The Hall–Kier alpha value is -1.59. The van der Waals surface area contributed by atoms with Crippen LogP contribution in [0, 0.1) is 0 Å². The maximum atomic E-state index is 11.7. The van der Waals surface area contributed by atoms with Crippen LogP contribution in [0.2, 0.25) is 0 Å². The van der Waals surface area contributed by atoms with Gasteiger partial charge in [0.05, 0.1) is 19.2 Å². The Balaban J connectivity index is 2.28. The Morgan fingerprint density at radius 2 is 2.06 bits per heavy atom. The number of aromatic hydroxyl groups is 1. The molecule has 0 bridgehead atoms. The van der Waals surface area contributed by atoms with Crippen LogP contribution in [-0.4, -0.2) is 41.9 Å². The molecule has 0 spiro atoms. The van der Waals surface area contributed by atoms with E-state index in [0.717, 1.165) is 0 Å². The van der Waals surface area contributed by atoms with Crippen LogP contribution >= 0.6 is 0 Å². The first-order valence-electron chi connectivity index (χ1n) is 5.15. The summed E-state index contributed by atoms with van der Waals surface area (Å²) < 4.78 is 0. The molecule has 3 N–H and O–H groups in total. The highest BCUT2D eigenvalue weighted by Gasteiger charge is 2.28. The molecule has 1 aromatic carbocycles. The van der Waals surface area contributed by atoms with Gasteiger partial charge in [-0.3, -0.25) is 4.79 Å². The van der Waals surface area contributed by atoms with Gasteiger partial charge in [0, 0.05) is 12.2 Å². The van der Waals surface area contributed by atoms with Crippen LogP contribution in [0.3, 0.4) is 0 Å². The molecular weight excluding hydrogens is 208 g/mol. The molecule has 0 radical (unpaired) electrons. The largest absolute Gasteiger partial charge is 0.508 e. The molecule has 1 saturated heterocycles. The van der Waals surface area contributed by atoms with E-state index in [2.05, 4.69) is 5.32 Å². The maximum Gasteiger partial charge on any atom is 0.241 e. The lowest BCUT2D eigenvalue weighted by Gasteiger charge is -2.35. The summed E-state index contributed by atoms with van der Waals surface area (Å²) in [4.78, 5) is 13.3. The summed E-state index contributed by atoms with van der Waals surface area (Å²) in [5.74, 6) is 0.0860. The van der Waals surface area contributed by atoms with Gasteiger partial charge in [-0.2, -0.15) is 0 Å². The van der Waals surface area contributed by atoms with Gasteiger partial charge in [-0.25, -0.2) is 0 Å². The van der Waals surface area contributed by atoms with Crippen molar-refractivity contribution >= 4 is 11.6 Å². The van der Waals surface area contributed by atoms with Gasteiger partial charge in [0.1, 0.15) is 5.75 Å². The minimum absolute atomic E-state index is 0.0732. The lowest BCUT2D eigenvalue weighted by Crippen LogP contribution is -2.56. The summed E-state index contributed by atoms with van der Waals surface area (Å²) in [6.45, 7) is 0.764.